The summed E-state index contributed by atoms with van der Waals surface area (Å²) in [5.74, 6) is 1.62. The Kier molecular flexibility index (Phi) is 3.24. The number of benzene rings is 2. The molecule has 0 aliphatic heterocycles. The quantitative estimate of drug-likeness (QED) is 0.776. The normalized spacial score (nSPS) is 10.4. The summed E-state index contributed by atoms with van der Waals surface area (Å²) < 4.78 is 10.8. The Morgan fingerprint density at radius 1 is 1.06 bits per heavy atom. The lowest BCUT2D eigenvalue weighted by molar-refractivity contribution is 0.101. The first-order chi connectivity index (χ1) is 8.58. The SMILES string of the molecule is COc1cc(C)c(OC)c2cc(C(C)=O)ccc12. The van der Waals surface area contributed by atoms with Crippen LogP contribution in [-0.4, -0.2) is 20.0 Å². The monoisotopic (exact) mass is 244 g/mol. The smallest absolute Gasteiger partial charge is 0.159 e. The van der Waals surface area contributed by atoms with E-state index in [0.29, 0.717) is 5.56 Å². The molecule has 0 spiro atoms. The van der Waals surface area contributed by atoms with E-state index in [9.17, 15) is 4.79 Å². The first-order valence-corrected chi connectivity index (χ1v) is 5.74. The van der Waals surface area contributed by atoms with E-state index in [2.05, 4.69) is 0 Å². The van der Waals surface area contributed by atoms with Gasteiger partial charge in [0.15, 0.2) is 5.78 Å². The molecule has 0 bridgehead atoms. The Morgan fingerprint density at radius 2 is 1.78 bits per heavy atom. The molecule has 0 radical (unpaired) electrons. The van der Waals surface area contributed by atoms with Gasteiger partial charge in [-0.2, -0.15) is 0 Å². The van der Waals surface area contributed by atoms with Gasteiger partial charge in [-0.15, -0.1) is 0 Å². The highest BCUT2D eigenvalue weighted by Gasteiger charge is 2.12. The van der Waals surface area contributed by atoms with Gasteiger partial charge in [0.2, 0.25) is 0 Å². The van der Waals surface area contributed by atoms with Gasteiger partial charge >= 0.3 is 0 Å². The van der Waals surface area contributed by atoms with Crippen LogP contribution in [0.4, 0.5) is 0 Å². The molecule has 2 rings (SSSR count). The van der Waals surface area contributed by atoms with Crippen LogP contribution in [0.3, 0.4) is 0 Å². The van der Waals surface area contributed by atoms with Gasteiger partial charge in [-0.3, -0.25) is 4.79 Å². The van der Waals surface area contributed by atoms with E-state index in [1.165, 1.54) is 0 Å². The van der Waals surface area contributed by atoms with Crippen LogP contribution in [0.15, 0.2) is 24.3 Å². The number of rotatable bonds is 3. The van der Waals surface area contributed by atoms with Crippen molar-refractivity contribution in [3.05, 3.63) is 35.4 Å². The fraction of sp³-hybridized carbons (Fsp3) is 0.267. The molecule has 0 aromatic heterocycles. The highest BCUT2D eigenvalue weighted by Crippen LogP contribution is 2.36. The number of ether oxygens (including phenoxy) is 2. The van der Waals surface area contributed by atoms with E-state index >= 15 is 0 Å². The van der Waals surface area contributed by atoms with Crippen molar-refractivity contribution in [3.63, 3.8) is 0 Å². The van der Waals surface area contributed by atoms with Gasteiger partial charge in [0.25, 0.3) is 0 Å². The first-order valence-electron chi connectivity index (χ1n) is 5.74. The highest BCUT2D eigenvalue weighted by atomic mass is 16.5. The Labute approximate surface area is 106 Å². The van der Waals surface area contributed by atoms with Crippen LogP contribution in [-0.2, 0) is 0 Å². The van der Waals surface area contributed by atoms with Gasteiger partial charge in [0, 0.05) is 16.3 Å². The highest BCUT2D eigenvalue weighted by molar-refractivity contribution is 6.02. The minimum absolute atomic E-state index is 0.0411. The predicted molar refractivity (Wildman–Crippen MR) is 71.8 cm³/mol. The molecule has 0 fully saturated rings. The molecule has 18 heavy (non-hydrogen) atoms. The van der Waals surface area contributed by atoms with Crippen molar-refractivity contribution in [1.82, 2.24) is 0 Å². The summed E-state index contributed by atoms with van der Waals surface area (Å²) in [6, 6.07) is 7.50. The number of ketones is 1. The second-order valence-electron chi connectivity index (χ2n) is 4.25. The fourth-order valence-electron chi connectivity index (χ4n) is 2.16. The predicted octanol–water partition coefficient (Wildman–Crippen LogP) is 3.37. The van der Waals surface area contributed by atoms with Crippen LogP contribution in [0.25, 0.3) is 10.8 Å². The lowest BCUT2D eigenvalue weighted by atomic mass is 10.0. The minimum Gasteiger partial charge on any atom is -0.496 e. The number of fused-ring (bicyclic) bond motifs is 1. The van der Waals surface area contributed by atoms with Crippen molar-refractivity contribution >= 4 is 16.6 Å². The van der Waals surface area contributed by atoms with Gasteiger partial charge in [0.05, 0.1) is 14.2 Å². The molecule has 2 aromatic rings. The zero-order valence-corrected chi connectivity index (χ0v) is 11.0. The molecule has 0 amide bonds. The molecule has 0 saturated heterocycles. The zero-order valence-electron chi connectivity index (χ0n) is 11.0. The first kappa shape index (κ1) is 12.4. The van der Waals surface area contributed by atoms with Gasteiger partial charge in [-0.1, -0.05) is 6.07 Å². The number of carbonyl (C=O) groups excluding carboxylic acids is 1. The number of Topliss-reactive ketones (excluding diaryl/α,β-unsaturated/α-hetero) is 1. The summed E-state index contributed by atoms with van der Waals surface area (Å²) in [7, 11) is 3.27. The molecule has 0 unspecified atom stereocenters. The molecule has 0 heterocycles. The molecule has 3 nitrogen and oxygen atoms in total. The summed E-state index contributed by atoms with van der Waals surface area (Å²) in [5, 5.41) is 1.85. The van der Waals surface area contributed by atoms with Crippen LogP contribution in [0.1, 0.15) is 22.8 Å². The average molecular weight is 244 g/mol. The number of hydrogen-bond donors (Lipinski definition) is 0. The van der Waals surface area contributed by atoms with Crippen molar-refractivity contribution in [3.8, 4) is 11.5 Å². The lowest BCUT2D eigenvalue weighted by Gasteiger charge is -2.13. The molecule has 2 aromatic carbocycles. The number of aryl methyl sites for hydroxylation is 1. The van der Waals surface area contributed by atoms with Crippen LogP contribution >= 0.6 is 0 Å². The van der Waals surface area contributed by atoms with Crippen LogP contribution in [0.5, 0.6) is 11.5 Å². The van der Waals surface area contributed by atoms with Crippen LogP contribution in [0.2, 0.25) is 0 Å². The van der Waals surface area contributed by atoms with Crippen LogP contribution < -0.4 is 9.47 Å². The topological polar surface area (TPSA) is 35.5 Å². The van der Waals surface area contributed by atoms with Crippen molar-refractivity contribution < 1.29 is 14.3 Å². The van der Waals surface area contributed by atoms with E-state index in [4.69, 9.17) is 9.47 Å². The van der Waals surface area contributed by atoms with Gasteiger partial charge in [-0.05, 0) is 37.6 Å². The lowest BCUT2D eigenvalue weighted by Crippen LogP contribution is -1.96. The Balaban J connectivity index is 2.85. The van der Waals surface area contributed by atoms with Gasteiger partial charge in [0.1, 0.15) is 11.5 Å². The third kappa shape index (κ3) is 1.92. The van der Waals surface area contributed by atoms with E-state index in [-0.39, 0.29) is 5.78 Å². The second kappa shape index (κ2) is 4.69. The molecular weight excluding hydrogens is 228 g/mol. The maximum absolute atomic E-state index is 11.5. The molecule has 0 N–H and O–H groups in total. The zero-order chi connectivity index (χ0) is 13.3. The molecule has 0 aliphatic carbocycles. The van der Waals surface area contributed by atoms with Gasteiger partial charge < -0.3 is 9.47 Å². The number of carbonyl (C=O) groups is 1. The van der Waals surface area contributed by atoms with Crippen molar-refractivity contribution in [2.75, 3.05) is 14.2 Å². The maximum Gasteiger partial charge on any atom is 0.159 e. The third-order valence-electron chi connectivity index (χ3n) is 3.07. The summed E-state index contributed by atoms with van der Waals surface area (Å²) in [5.41, 5.74) is 1.66. The summed E-state index contributed by atoms with van der Waals surface area (Å²) in [4.78, 5) is 11.5. The van der Waals surface area contributed by atoms with E-state index in [0.717, 1.165) is 27.8 Å². The summed E-state index contributed by atoms with van der Waals surface area (Å²) in [6.45, 7) is 3.52. The van der Waals surface area contributed by atoms with Gasteiger partial charge in [-0.25, -0.2) is 0 Å². The van der Waals surface area contributed by atoms with E-state index in [1.807, 2.05) is 31.2 Å². The molecule has 0 saturated carbocycles. The van der Waals surface area contributed by atoms with Crippen molar-refractivity contribution in [1.29, 1.82) is 0 Å². The number of methoxy groups -OCH3 is 2. The second-order valence-corrected chi connectivity index (χ2v) is 4.25. The molecule has 3 heteroatoms. The summed E-state index contributed by atoms with van der Waals surface area (Å²) in [6.07, 6.45) is 0. The Morgan fingerprint density at radius 3 is 2.33 bits per heavy atom. The number of hydrogen-bond acceptors (Lipinski definition) is 3. The van der Waals surface area contributed by atoms with E-state index in [1.54, 1.807) is 21.1 Å². The van der Waals surface area contributed by atoms with Crippen molar-refractivity contribution in [2.45, 2.75) is 13.8 Å². The largest absolute Gasteiger partial charge is 0.496 e. The van der Waals surface area contributed by atoms with Crippen molar-refractivity contribution in [2.24, 2.45) is 0 Å². The fourth-order valence-corrected chi connectivity index (χ4v) is 2.16. The molecule has 0 aliphatic rings. The third-order valence-corrected chi connectivity index (χ3v) is 3.07. The standard InChI is InChI=1S/C15H16O3/c1-9-7-14(17-3)12-6-5-11(10(2)16)8-13(12)15(9)18-4/h5-8H,1-4H3. The maximum atomic E-state index is 11.5. The van der Waals surface area contributed by atoms with E-state index < -0.39 is 0 Å². The molecule has 94 valence electrons. The Bertz CT molecular complexity index is 615. The summed E-state index contributed by atoms with van der Waals surface area (Å²) >= 11 is 0. The Hall–Kier alpha value is -2.03. The average Bonchev–Trinajstić information content (AvgIpc) is 2.37. The molecule has 0 atom stereocenters. The van der Waals surface area contributed by atoms with Crippen LogP contribution in [0, 0.1) is 6.92 Å². The molecular formula is C15H16O3. The minimum atomic E-state index is 0.0411.